The number of hydrogen-bond donors (Lipinski definition) is 0. The van der Waals surface area contributed by atoms with Crippen LogP contribution in [0.2, 0.25) is 0 Å². The molecule has 6 heteroatoms. The van der Waals surface area contributed by atoms with Crippen LogP contribution >= 0.6 is 0 Å². The number of ether oxygens (including phenoxy) is 3. The van der Waals surface area contributed by atoms with Crippen LogP contribution < -0.4 is 0 Å². The van der Waals surface area contributed by atoms with Gasteiger partial charge in [0.1, 0.15) is 13.2 Å². The monoisotopic (exact) mass is 1030 g/mol. The van der Waals surface area contributed by atoms with Gasteiger partial charge in [0.25, 0.3) is 0 Å². The third-order valence-electron chi connectivity index (χ3n) is 13.9. The van der Waals surface area contributed by atoms with Crippen LogP contribution in [0.5, 0.6) is 0 Å². The lowest BCUT2D eigenvalue weighted by atomic mass is 10.0. The summed E-state index contributed by atoms with van der Waals surface area (Å²) in [5.41, 5.74) is 0. The van der Waals surface area contributed by atoms with Crippen LogP contribution in [0.1, 0.15) is 323 Å². The number of hydrogen-bond acceptors (Lipinski definition) is 6. The maximum atomic E-state index is 12.9. The van der Waals surface area contributed by atoms with E-state index in [0.717, 1.165) is 96.3 Å². The predicted molar refractivity (Wildman–Crippen MR) is 321 cm³/mol. The van der Waals surface area contributed by atoms with Gasteiger partial charge in [-0.1, -0.05) is 286 Å². The first-order valence-corrected chi connectivity index (χ1v) is 31.9. The maximum absolute atomic E-state index is 12.9. The molecule has 0 N–H and O–H groups in total. The van der Waals surface area contributed by atoms with Gasteiger partial charge in [0.2, 0.25) is 0 Å². The maximum Gasteiger partial charge on any atom is 0.306 e. The molecule has 6 nitrogen and oxygen atoms in total. The van der Waals surface area contributed by atoms with E-state index in [1.54, 1.807) is 0 Å². The summed E-state index contributed by atoms with van der Waals surface area (Å²) in [4.78, 5) is 38.2. The third kappa shape index (κ3) is 59.7. The van der Waals surface area contributed by atoms with Crippen molar-refractivity contribution in [1.82, 2.24) is 0 Å². The van der Waals surface area contributed by atoms with Crippen LogP contribution in [-0.2, 0) is 28.6 Å². The Labute approximate surface area is 459 Å². The summed E-state index contributed by atoms with van der Waals surface area (Å²) >= 11 is 0. The van der Waals surface area contributed by atoms with Crippen molar-refractivity contribution in [3.8, 4) is 0 Å². The summed E-state index contributed by atoms with van der Waals surface area (Å²) in [6.45, 7) is 6.53. The number of esters is 3. The van der Waals surface area contributed by atoms with E-state index >= 15 is 0 Å². The van der Waals surface area contributed by atoms with Crippen LogP contribution in [0.15, 0.2) is 72.9 Å². The SMILES string of the molecule is CC/C=C\C/C=C\C/C=C\C/C=C\CCCCCCCCCCCCCCCCC(=O)OCC(COC(=O)CCCCCCCCCCCCC)OC(=O)CCCCCCCCC/C=C\C/C=C\CCCCCC. The molecule has 0 amide bonds. The van der Waals surface area contributed by atoms with Gasteiger partial charge in [-0.3, -0.25) is 14.4 Å². The molecule has 0 bridgehead atoms. The standard InChI is InChI=1S/C68H120O6/c1-4-7-10-13-16-19-22-24-26-28-30-31-32-33-34-35-36-37-38-40-41-43-46-49-52-55-58-61-67(70)73-64-65(63-72-66(69)60-57-54-51-48-45-21-18-15-12-9-6-3)74-68(71)62-59-56-53-50-47-44-42-39-29-27-25-23-20-17-14-11-8-5-2/h7,10,16,19-20,23-24,26-27,29-31,65H,4-6,8-9,11-15,17-18,21-22,25,28,32-64H2,1-3H3/b10-7-,19-16-,23-20-,26-24-,29-27-,31-30-. The van der Waals surface area contributed by atoms with E-state index < -0.39 is 6.10 Å². The molecule has 0 saturated heterocycles. The second kappa shape index (κ2) is 62.4. The zero-order chi connectivity index (χ0) is 53.6. The Morgan fingerprint density at radius 2 is 0.527 bits per heavy atom. The van der Waals surface area contributed by atoms with Crippen LogP contribution in [0.4, 0.5) is 0 Å². The van der Waals surface area contributed by atoms with Gasteiger partial charge in [-0.25, -0.2) is 0 Å². The minimum Gasteiger partial charge on any atom is -0.462 e. The summed E-state index contributed by atoms with van der Waals surface area (Å²) in [5.74, 6) is -0.869. The molecule has 0 radical (unpaired) electrons. The van der Waals surface area contributed by atoms with Gasteiger partial charge in [-0.05, 0) is 89.9 Å². The van der Waals surface area contributed by atoms with Gasteiger partial charge in [-0.15, -0.1) is 0 Å². The van der Waals surface area contributed by atoms with Crippen LogP contribution in [0, 0.1) is 0 Å². The molecule has 1 unspecified atom stereocenters. The van der Waals surface area contributed by atoms with Gasteiger partial charge in [0, 0.05) is 19.3 Å². The molecule has 0 spiro atoms. The second-order valence-corrected chi connectivity index (χ2v) is 21.3. The number of rotatable bonds is 58. The fraction of sp³-hybridized carbons (Fsp3) is 0.779. The molecular weight excluding hydrogens is 913 g/mol. The predicted octanol–water partition coefficient (Wildman–Crippen LogP) is 21.7. The zero-order valence-corrected chi connectivity index (χ0v) is 49.1. The topological polar surface area (TPSA) is 78.9 Å². The Kier molecular flexibility index (Phi) is 59.7. The Balaban J connectivity index is 4.23. The average molecular weight is 1030 g/mol. The number of unbranched alkanes of at least 4 members (excludes halogenated alkanes) is 35. The molecule has 0 aromatic rings. The summed E-state index contributed by atoms with van der Waals surface area (Å²) in [6, 6.07) is 0. The largest absolute Gasteiger partial charge is 0.462 e. The Morgan fingerprint density at radius 1 is 0.284 bits per heavy atom. The molecule has 0 aromatic carbocycles. The summed E-state index contributed by atoms with van der Waals surface area (Å²) in [7, 11) is 0. The molecule has 0 saturated carbocycles. The molecule has 0 aliphatic rings. The molecule has 0 aliphatic carbocycles. The first-order valence-electron chi connectivity index (χ1n) is 31.9. The normalized spacial score (nSPS) is 12.5. The molecule has 0 aliphatic heterocycles. The van der Waals surface area contributed by atoms with Gasteiger partial charge in [-0.2, -0.15) is 0 Å². The van der Waals surface area contributed by atoms with Crippen molar-refractivity contribution in [2.24, 2.45) is 0 Å². The minimum absolute atomic E-state index is 0.0747. The molecule has 0 rings (SSSR count). The van der Waals surface area contributed by atoms with Crippen molar-refractivity contribution < 1.29 is 28.6 Å². The van der Waals surface area contributed by atoms with E-state index in [0.29, 0.717) is 19.3 Å². The first kappa shape index (κ1) is 70.8. The van der Waals surface area contributed by atoms with E-state index in [2.05, 4.69) is 93.7 Å². The summed E-state index contributed by atoms with van der Waals surface area (Å²) < 4.78 is 16.9. The van der Waals surface area contributed by atoms with Crippen LogP contribution in [0.25, 0.3) is 0 Å². The van der Waals surface area contributed by atoms with Gasteiger partial charge in [0.05, 0.1) is 0 Å². The lowest BCUT2D eigenvalue weighted by Gasteiger charge is -2.18. The fourth-order valence-electron chi connectivity index (χ4n) is 9.17. The minimum atomic E-state index is -0.777. The van der Waals surface area contributed by atoms with Crippen molar-refractivity contribution in [2.75, 3.05) is 13.2 Å². The summed E-state index contributed by atoms with van der Waals surface area (Å²) in [6.07, 6.45) is 80.5. The highest BCUT2D eigenvalue weighted by Crippen LogP contribution is 2.17. The van der Waals surface area contributed by atoms with Crippen molar-refractivity contribution >= 4 is 17.9 Å². The van der Waals surface area contributed by atoms with Crippen LogP contribution in [0.3, 0.4) is 0 Å². The number of carbonyl (C=O) groups is 3. The van der Waals surface area contributed by atoms with Crippen molar-refractivity contribution in [1.29, 1.82) is 0 Å². The highest BCUT2D eigenvalue weighted by atomic mass is 16.6. The quantitative estimate of drug-likeness (QED) is 0.0261. The highest BCUT2D eigenvalue weighted by molar-refractivity contribution is 5.71. The van der Waals surface area contributed by atoms with Crippen molar-refractivity contribution in [2.45, 2.75) is 329 Å². The third-order valence-corrected chi connectivity index (χ3v) is 13.9. The Morgan fingerprint density at radius 3 is 0.838 bits per heavy atom. The molecule has 0 fully saturated rings. The molecule has 1 atom stereocenters. The van der Waals surface area contributed by atoms with E-state index in [1.807, 2.05) is 0 Å². The molecule has 0 heterocycles. The molecule has 428 valence electrons. The fourth-order valence-corrected chi connectivity index (χ4v) is 9.17. The number of allylic oxidation sites excluding steroid dienone is 12. The van der Waals surface area contributed by atoms with E-state index in [-0.39, 0.29) is 31.1 Å². The Bertz CT molecular complexity index is 1370. The average Bonchev–Trinajstić information content (AvgIpc) is 3.40. The molecule has 0 aromatic heterocycles. The van der Waals surface area contributed by atoms with E-state index in [9.17, 15) is 14.4 Å². The van der Waals surface area contributed by atoms with Crippen molar-refractivity contribution in [3.63, 3.8) is 0 Å². The van der Waals surface area contributed by atoms with Gasteiger partial charge >= 0.3 is 17.9 Å². The van der Waals surface area contributed by atoms with Crippen molar-refractivity contribution in [3.05, 3.63) is 72.9 Å². The second-order valence-electron chi connectivity index (χ2n) is 21.3. The lowest BCUT2D eigenvalue weighted by molar-refractivity contribution is -0.167. The summed E-state index contributed by atoms with van der Waals surface area (Å²) in [5, 5.41) is 0. The number of carbonyl (C=O) groups excluding carboxylic acids is 3. The van der Waals surface area contributed by atoms with Gasteiger partial charge < -0.3 is 14.2 Å². The first-order chi connectivity index (χ1) is 36.5. The smallest absolute Gasteiger partial charge is 0.306 e. The zero-order valence-electron chi connectivity index (χ0n) is 49.1. The highest BCUT2D eigenvalue weighted by Gasteiger charge is 2.19. The molecular formula is C68H120O6. The van der Waals surface area contributed by atoms with Crippen LogP contribution in [-0.4, -0.2) is 37.2 Å². The van der Waals surface area contributed by atoms with E-state index in [1.165, 1.54) is 186 Å². The van der Waals surface area contributed by atoms with Gasteiger partial charge in [0.15, 0.2) is 6.10 Å². The lowest BCUT2D eigenvalue weighted by Crippen LogP contribution is -2.30. The molecule has 74 heavy (non-hydrogen) atoms. The van der Waals surface area contributed by atoms with E-state index in [4.69, 9.17) is 14.2 Å². The Hall–Kier alpha value is -3.15.